The summed E-state index contributed by atoms with van der Waals surface area (Å²) in [5.41, 5.74) is 3.50. The van der Waals surface area contributed by atoms with Crippen LogP contribution in [-0.2, 0) is 12.8 Å². The van der Waals surface area contributed by atoms with E-state index in [0.29, 0.717) is 50.3 Å². The van der Waals surface area contributed by atoms with Gasteiger partial charge in [-0.2, -0.15) is 17.9 Å². The summed E-state index contributed by atoms with van der Waals surface area (Å²) in [4.78, 5) is 22.6. The van der Waals surface area contributed by atoms with Crippen LogP contribution in [-0.4, -0.2) is 50.5 Å². The van der Waals surface area contributed by atoms with E-state index >= 15 is 0 Å². The molecule has 10 heteroatoms. The van der Waals surface area contributed by atoms with Gasteiger partial charge in [-0.1, -0.05) is 24.3 Å². The van der Waals surface area contributed by atoms with Crippen LogP contribution in [0.1, 0.15) is 35.6 Å². The van der Waals surface area contributed by atoms with Crippen LogP contribution in [0.2, 0.25) is 0 Å². The van der Waals surface area contributed by atoms with Crippen LogP contribution < -0.4 is 5.56 Å². The maximum atomic E-state index is 13.5. The molecule has 2 aromatic carbocycles. The Labute approximate surface area is 198 Å². The largest absolute Gasteiger partial charge is 0.401 e. The maximum Gasteiger partial charge on any atom is 0.401 e. The number of nitrogens with one attached hydrogen (secondary N) is 2. The van der Waals surface area contributed by atoms with Gasteiger partial charge in [-0.05, 0) is 68.6 Å². The number of fused-ring (bicyclic) bond motifs is 1. The number of halogens is 4. The second-order valence-corrected chi connectivity index (χ2v) is 9.01. The summed E-state index contributed by atoms with van der Waals surface area (Å²) in [6.45, 7) is -0.313. The monoisotopic (exact) mass is 487 g/mol. The smallest absolute Gasteiger partial charge is 0.322 e. The lowest BCUT2D eigenvalue weighted by molar-refractivity contribution is -0.148. The number of alkyl halides is 3. The third-order valence-corrected chi connectivity index (χ3v) is 6.58. The van der Waals surface area contributed by atoms with E-state index in [1.807, 2.05) is 24.3 Å². The zero-order chi connectivity index (χ0) is 24.6. The highest BCUT2D eigenvalue weighted by Gasteiger charge is 2.34. The zero-order valence-electron chi connectivity index (χ0n) is 18.9. The Kier molecular flexibility index (Phi) is 6.22. The van der Waals surface area contributed by atoms with Crippen LogP contribution in [0.5, 0.6) is 0 Å². The van der Waals surface area contributed by atoms with Crippen LogP contribution in [0.25, 0.3) is 17.0 Å². The first kappa shape index (κ1) is 23.3. The van der Waals surface area contributed by atoms with Crippen molar-refractivity contribution in [2.24, 2.45) is 0 Å². The predicted octanol–water partition coefficient (Wildman–Crippen LogP) is 4.71. The summed E-state index contributed by atoms with van der Waals surface area (Å²) >= 11 is 0. The number of aromatic nitrogens is 4. The molecule has 0 spiro atoms. The Morgan fingerprint density at radius 1 is 1.00 bits per heavy atom. The third-order valence-electron chi connectivity index (χ3n) is 6.58. The summed E-state index contributed by atoms with van der Waals surface area (Å²) in [5.74, 6) is -0.0324. The van der Waals surface area contributed by atoms with Crippen LogP contribution in [0, 0.1) is 5.82 Å². The van der Waals surface area contributed by atoms with Gasteiger partial charge in [0.1, 0.15) is 5.82 Å². The summed E-state index contributed by atoms with van der Waals surface area (Å²) in [6.07, 6.45) is -2.24. The topological polar surface area (TPSA) is 69.7 Å². The minimum atomic E-state index is -4.23. The van der Waals surface area contributed by atoms with E-state index < -0.39 is 12.7 Å². The van der Waals surface area contributed by atoms with Crippen molar-refractivity contribution in [3.05, 3.63) is 81.5 Å². The molecule has 0 radical (unpaired) electrons. The summed E-state index contributed by atoms with van der Waals surface area (Å²) in [7, 11) is 0. The highest BCUT2D eigenvalue weighted by molar-refractivity contribution is 5.75. The molecule has 1 fully saturated rings. The normalized spacial score (nSPS) is 15.8. The van der Waals surface area contributed by atoms with E-state index in [-0.39, 0.29) is 17.3 Å². The number of hydrogen-bond acceptors (Lipinski definition) is 3. The Morgan fingerprint density at radius 2 is 1.71 bits per heavy atom. The van der Waals surface area contributed by atoms with Crippen LogP contribution in [0.15, 0.2) is 53.3 Å². The first-order valence-corrected chi connectivity index (χ1v) is 11.6. The number of hydrogen-bond donors (Lipinski definition) is 2. The molecule has 35 heavy (non-hydrogen) atoms. The molecule has 184 valence electrons. The number of H-pyrrole nitrogens is 2. The van der Waals surface area contributed by atoms with Gasteiger partial charge in [-0.3, -0.25) is 14.8 Å². The summed E-state index contributed by atoms with van der Waals surface area (Å²) in [6, 6.07) is 13.6. The van der Waals surface area contributed by atoms with Gasteiger partial charge >= 0.3 is 6.18 Å². The minimum Gasteiger partial charge on any atom is -0.322 e. The van der Waals surface area contributed by atoms with E-state index in [2.05, 4.69) is 15.1 Å². The first-order chi connectivity index (χ1) is 16.8. The van der Waals surface area contributed by atoms with Gasteiger partial charge in [0.2, 0.25) is 5.95 Å². The SMILES string of the molecule is O=c1c(CCc2ccc(F)cc2)c(C2CCN(CC(F)(F)F)CC2)[nH]n1-c1nc2ccccc2[nH]1. The Hall–Kier alpha value is -3.40. The van der Waals surface area contributed by atoms with E-state index in [1.54, 1.807) is 12.1 Å². The quantitative estimate of drug-likeness (QED) is 0.387. The molecule has 6 nitrogen and oxygen atoms in total. The van der Waals surface area contributed by atoms with Gasteiger partial charge in [0.25, 0.3) is 5.56 Å². The van der Waals surface area contributed by atoms with Crippen molar-refractivity contribution in [2.45, 2.75) is 37.8 Å². The number of aromatic amines is 2. The van der Waals surface area contributed by atoms with Crippen LogP contribution in [0.4, 0.5) is 17.6 Å². The van der Waals surface area contributed by atoms with Crippen molar-refractivity contribution in [1.82, 2.24) is 24.6 Å². The molecule has 5 rings (SSSR count). The zero-order valence-corrected chi connectivity index (χ0v) is 18.9. The average Bonchev–Trinajstić information content (AvgIpc) is 3.39. The molecule has 2 aromatic heterocycles. The highest BCUT2D eigenvalue weighted by Crippen LogP contribution is 2.31. The molecule has 3 heterocycles. The van der Waals surface area contributed by atoms with Gasteiger partial charge < -0.3 is 4.98 Å². The lowest BCUT2D eigenvalue weighted by Gasteiger charge is -2.32. The Bertz CT molecular complexity index is 1330. The van der Waals surface area contributed by atoms with Crippen LogP contribution >= 0.6 is 0 Å². The molecular formula is C25H25F4N5O. The van der Waals surface area contributed by atoms with Crippen molar-refractivity contribution in [3.63, 3.8) is 0 Å². The second kappa shape index (κ2) is 9.33. The number of piperidine rings is 1. The first-order valence-electron chi connectivity index (χ1n) is 11.6. The molecular weight excluding hydrogens is 462 g/mol. The lowest BCUT2D eigenvalue weighted by Crippen LogP contribution is -2.39. The number of aryl methyl sites for hydroxylation is 1. The summed E-state index contributed by atoms with van der Waals surface area (Å²) < 4.78 is 53.1. The number of nitrogens with zero attached hydrogens (tertiary/aromatic N) is 3. The van der Waals surface area contributed by atoms with Crippen molar-refractivity contribution in [1.29, 1.82) is 0 Å². The molecule has 0 bridgehead atoms. The molecule has 0 aliphatic carbocycles. The van der Waals surface area contributed by atoms with Crippen molar-refractivity contribution < 1.29 is 17.6 Å². The number of rotatable bonds is 6. The van der Waals surface area contributed by atoms with Gasteiger partial charge in [-0.25, -0.2) is 9.37 Å². The predicted molar refractivity (Wildman–Crippen MR) is 124 cm³/mol. The standard InChI is InChI=1S/C25H25F4N5O/c26-18-8-5-16(6-9-18)7-10-19-22(17-11-13-33(14-12-17)15-25(27,28)29)32-34(23(19)35)24-30-20-3-1-2-4-21(20)31-24/h1-6,8-9,17,32H,7,10-15H2,(H,30,31). The van der Waals surface area contributed by atoms with Crippen LogP contribution in [0.3, 0.4) is 0 Å². The fourth-order valence-corrected chi connectivity index (χ4v) is 4.82. The van der Waals surface area contributed by atoms with E-state index in [0.717, 1.165) is 22.3 Å². The lowest BCUT2D eigenvalue weighted by atomic mass is 9.90. The van der Waals surface area contributed by atoms with Crippen molar-refractivity contribution in [3.8, 4) is 5.95 Å². The molecule has 0 unspecified atom stereocenters. The Balaban J connectivity index is 1.45. The number of likely N-dealkylation sites (tertiary alicyclic amines) is 1. The molecule has 0 atom stereocenters. The fraction of sp³-hybridized carbons (Fsp3) is 0.360. The number of imidazole rings is 1. The maximum absolute atomic E-state index is 13.5. The minimum absolute atomic E-state index is 0.0685. The van der Waals surface area contributed by atoms with E-state index in [9.17, 15) is 22.4 Å². The average molecular weight is 488 g/mol. The van der Waals surface area contributed by atoms with E-state index in [1.165, 1.54) is 21.7 Å². The number of para-hydroxylation sites is 2. The third kappa shape index (κ3) is 5.17. The number of benzene rings is 2. The van der Waals surface area contributed by atoms with E-state index in [4.69, 9.17) is 0 Å². The van der Waals surface area contributed by atoms with Crippen molar-refractivity contribution in [2.75, 3.05) is 19.6 Å². The molecule has 1 aliphatic rings. The van der Waals surface area contributed by atoms with Gasteiger partial charge in [-0.15, -0.1) is 0 Å². The molecule has 0 saturated carbocycles. The second-order valence-electron chi connectivity index (χ2n) is 9.01. The molecule has 0 amide bonds. The van der Waals surface area contributed by atoms with Gasteiger partial charge in [0.05, 0.1) is 17.6 Å². The fourth-order valence-electron chi connectivity index (χ4n) is 4.82. The van der Waals surface area contributed by atoms with Gasteiger partial charge in [0, 0.05) is 17.2 Å². The van der Waals surface area contributed by atoms with Crippen molar-refractivity contribution >= 4 is 11.0 Å². The Morgan fingerprint density at radius 3 is 2.40 bits per heavy atom. The molecule has 2 N–H and O–H groups in total. The highest BCUT2D eigenvalue weighted by atomic mass is 19.4. The molecule has 1 saturated heterocycles. The summed E-state index contributed by atoms with van der Waals surface area (Å²) in [5, 5.41) is 3.22. The molecule has 4 aromatic rings. The molecule has 1 aliphatic heterocycles. The van der Waals surface area contributed by atoms with Gasteiger partial charge in [0.15, 0.2) is 0 Å².